The van der Waals surface area contributed by atoms with Crippen molar-refractivity contribution in [3.63, 3.8) is 0 Å². The molecule has 4 heteroatoms. The highest BCUT2D eigenvalue weighted by Gasteiger charge is 2.45. The van der Waals surface area contributed by atoms with Gasteiger partial charge in [0.2, 0.25) is 5.91 Å². The molecule has 3 N–H and O–H groups in total. The van der Waals surface area contributed by atoms with Crippen LogP contribution in [0.5, 0.6) is 0 Å². The summed E-state index contributed by atoms with van der Waals surface area (Å²) < 4.78 is 0. The van der Waals surface area contributed by atoms with Crippen molar-refractivity contribution in [1.82, 2.24) is 0 Å². The summed E-state index contributed by atoms with van der Waals surface area (Å²) in [5.74, 6) is -1.37. The zero-order valence-electron chi connectivity index (χ0n) is 11.7. The molecule has 0 aliphatic heterocycles. The molecule has 0 aromatic rings. The average Bonchev–Trinajstić information content (AvgIpc) is 2.12. The summed E-state index contributed by atoms with van der Waals surface area (Å²) in [7, 11) is 0. The van der Waals surface area contributed by atoms with Crippen molar-refractivity contribution in [2.45, 2.75) is 48.0 Å². The number of aliphatic carboxylic acids is 1. The average molecular weight is 243 g/mol. The molecule has 100 valence electrons. The van der Waals surface area contributed by atoms with E-state index < -0.39 is 16.8 Å². The number of carbonyl (C=O) groups is 2. The molecule has 0 radical (unpaired) electrons. The predicted molar refractivity (Wildman–Crippen MR) is 67.3 cm³/mol. The van der Waals surface area contributed by atoms with Crippen LogP contribution in [0.15, 0.2) is 0 Å². The van der Waals surface area contributed by atoms with Gasteiger partial charge in [-0.05, 0) is 31.6 Å². The third-order valence-corrected chi connectivity index (χ3v) is 4.13. The second-order valence-corrected chi connectivity index (χ2v) is 6.27. The highest BCUT2D eigenvalue weighted by molar-refractivity contribution is 5.78. The smallest absolute Gasteiger partial charge is 0.309 e. The first-order valence-electron chi connectivity index (χ1n) is 5.96. The Morgan fingerprint density at radius 3 is 1.82 bits per heavy atom. The number of primary amides is 1. The number of hydrogen-bond donors (Lipinski definition) is 2. The van der Waals surface area contributed by atoms with Gasteiger partial charge in [0.05, 0.1) is 5.41 Å². The fraction of sp³-hybridized carbons (Fsp3) is 0.846. The predicted octanol–water partition coefficient (Wildman–Crippen LogP) is 2.27. The first kappa shape index (κ1) is 15.9. The lowest BCUT2D eigenvalue weighted by Crippen LogP contribution is -2.43. The molecule has 1 atom stereocenters. The fourth-order valence-electron chi connectivity index (χ4n) is 1.76. The largest absolute Gasteiger partial charge is 0.481 e. The van der Waals surface area contributed by atoms with Crippen molar-refractivity contribution in [3.05, 3.63) is 0 Å². The van der Waals surface area contributed by atoms with Gasteiger partial charge in [-0.1, -0.05) is 27.7 Å². The molecule has 0 saturated heterocycles. The zero-order valence-corrected chi connectivity index (χ0v) is 11.7. The Hall–Kier alpha value is -1.06. The van der Waals surface area contributed by atoms with Gasteiger partial charge in [0.15, 0.2) is 0 Å². The van der Waals surface area contributed by atoms with Gasteiger partial charge in [0, 0.05) is 5.92 Å². The van der Waals surface area contributed by atoms with Crippen LogP contribution in [0.1, 0.15) is 48.0 Å². The van der Waals surface area contributed by atoms with Gasteiger partial charge in [-0.3, -0.25) is 9.59 Å². The van der Waals surface area contributed by atoms with Crippen molar-refractivity contribution >= 4 is 11.9 Å². The van der Waals surface area contributed by atoms with Gasteiger partial charge < -0.3 is 10.8 Å². The summed E-state index contributed by atoms with van der Waals surface area (Å²) in [5, 5.41) is 9.25. The molecule has 17 heavy (non-hydrogen) atoms. The molecule has 0 aliphatic carbocycles. The van der Waals surface area contributed by atoms with Crippen molar-refractivity contribution in [3.8, 4) is 0 Å². The summed E-state index contributed by atoms with van der Waals surface area (Å²) in [5.41, 5.74) is 3.99. The van der Waals surface area contributed by atoms with E-state index in [0.717, 1.165) is 0 Å². The lowest BCUT2D eigenvalue weighted by Gasteiger charge is -2.40. The number of carboxylic acid groups (broad SMARTS) is 1. The van der Waals surface area contributed by atoms with Gasteiger partial charge in [-0.15, -0.1) is 0 Å². The Labute approximate surface area is 104 Å². The molecule has 1 amide bonds. The maximum absolute atomic E-state index is 11.4. The van der Waals surface area contributed by atoms with E-state index in [-0.39, 0.29) is 17.7 Å². The summed E-state index contributed by atoms with van der Waals surface area (Å²) in [4.78, 5) is 22.7. The molecule has 0 rings (SSSR count). The van der Waals surface area contributed by atoms with Gasteiger partial charge in [0.25, 0.3) is 0 Å². The Morgan fingerprint density at radius 2 is 1.59 bits per heavy atom. The van der Waals surface area contributed by atoms with E-state index in [9.17, 15) is 14.7 Å². The minimum Gasteiger partial charge on any atom is -0.481 e. The Bertz CT molecular complexity index is 306. The summed E-state index contributed by atoms with van der Waals surface area (Å²) in [6.07, 6.45) is 0.485. The molecule has 0 spiro atoms. The molecule has 0 saturated carbocycles. The molecule has 0 aliphatic rings. The summed E-state index contributed by atoms with van der Waals surface area (Å²) >= 11 is 0. The number of nitrogens with two attached hydrogens (primary N) is 1. The lowest BCUT2D eigenvalue weighted by molar-refractivity contribution is -0.155. The molecular weight excluding hydrogens is 218 g/mol. The van der Waals surface area contributed by atoms with Crippen molar-refractivity contribution in [1.29, 1.82) is 0 Å². The number of rotatable bonds is 6. The number of carboxylic acids is 1. The number of carbonyl (C=O) groups excluding carboxylic acids is 1. The maximum atomic E-state index is 11.4. The van der Waals surface area contributed by atoms with Crippen molar-refractivity contribution in [2.75, 3.05) is 0 Å². The normalized spacial score (nSPS) is 14.8. The molecule has 4 nitrogen and oxygen atoms in total. The van der Waals surface area contributed by atoms with Crippen molar-refractivity contribution in [2.24, 2.45) is 28.4 Å². The molecular formula is C13H25NO3. The van der Waals surface area contributed by atoms with Gasteiger partial charge in [0.1, 0.15) is 0 Å². The van der Waals surface area contributed by atoms with Crippen LogP contribution >= 0.6 is 0 Å². The SMILES string of the molecule is CC(C)C(CC(C)(C)C(C)(C)C(=O)O)C(N)=O. The van der Waals surface area contributed by atoms with Crippen LogP contribution in [0.2, 0.25) is 0 Å². The second-order valence-electron chi connectivity index (χ2n) is 6.27. The standard InChI is InChI=1S/C13H25NO3/c1-8(2)9(10(14)15)7-12(3,4)13(5,6)11(16)17/h8-9H,7H2,1-6H3,(H2,14,15)(H,16,17). The Kier molecular flexibility index (Phi) is 4.75. The van der Waals surface area contributed by atoms with Crippen LogP contribution in [0.25, 0.3) is 0 Å². The lowest BCUT2D eigenvalue weighted by atomic mass is 9.63. The van der Waals surface area contributed by atoms with Crippen LogP contribution < -0.4 is 5.73 Å². The van der Waals surface area contributed by atoms with E-state index in [1.807, 2.05) is 27.7 Å². The Morgan fingerprint density at radius 1 is 1.18 bits per heavy atom. The maximum Gasteiger partial charge on any atom is 0.309 e. The Balaban J connectivity index is 5.09. The number of hydrogen-bond acceptors (Lipinski definition) is 2. The van der Waals surface area contributed by atoms with E-state index >= 15 is 0 Å². The van der Waals surface area contributed by atoms with Crippen LogP contribution in [-0.4, -0.2) is 17.0 Å². The quantitative estimate of drug-likeness (QED) is 0.751. The molecule has 1 unspecified atom stereocenters. The number of amides is 1. The monoisotopic (exact) mass is 243 g/mol. The summed E-state index contributed by atoms with van der Waals surface area (Å²) in [6.45, 7) is 11.0. The van der Waals surface area contributed by atoms with E-state index in [2.05, 4.69) is 0 Å². The highest BCUT2D eigenvalue weighted by atomic mass is 16.4. The second kappa shape index (κ2) is 5.07. The van der Waals surface area contributed by atoms with Crippen LogP contribution in [-0.2, 0) is 9.59 Å². The fourth-order valence-corrected chi connectivity index (χ4v) is 1.76. The summed E-state index contributed by atoms with van der Waals surface area (Å²) in [6, 6.07) is 0. The highest BCUT2D eigenvalue weighted by Crippen LogP contribution is 2.44. The van der Waals surface area contributed by atoms with Crippen LogP contribution in [0, 0.1) is 22.7 Å². The molecule has 0 fully saturated rings. The van der Waals surface area contributed by atoms with E-state index in [1.54, 1.807) is 13.8 Å². The minimum absolute atomic E-state index is 0.122. The molecule has 0 aromatic heterocycles. The molecule has 0 bridgehead atoms. The van der Waals surface area contributed by atoms with Crippen LogP contribution in [0.4, 0.5) is 0 Å². The van der Waals surface area contributed by atoms with Crippen molar-refractivity contribution < 1.29 is 14.7 Å². The zero-order chi connectivity index (χ0) is 14.0. The van der Waals surface area contributed by atoms with Crippen LogP contribution in [0.3, 0.4) is 0 Å². The van der Waals surface area contributed by atoms with Gasteiger partial charge in [-0.25, -0.2) is 0 Å². The first-order chi connectivity index (χ1) is 7.43. The topological polar surface area (TPSA) is 80.4 Å². The first-order valence-corrected chi connectivity index (χ1v) is 5.96. The van der Waals surface area contributed by atoms with E-state index in [1.165, 1.54) is 0 Å². The third kappa shape index (κ3) is 3.45. The van der Waals surface area contributed by atoms with E-state index in [4.69, 9.17) is 5.73 Å². The molecule has 0 heterocycles. The third-order valence-electron chi connectivity index (χ3n) is 4.13. The van der Waals surface area contributed by atoms with Gasteiger partial charge in [-0.2, -0.15) is 0 Å². The van der Waals surface area contributed by atoms with E-state index in [0.29, 0.717) is 6.42 Å². The minimum atomic E-state index is -0.893. The molecule has 0 aromatic carbocycles. The van der Waals surface area contributed by atoms with Gasteiger partial charge >= 0.3 is 5.97 Å².